The van der Waals surface area contributed by atoms with Gasteiger partial charge in [-0.25, -0.2) is 4.68 Å². The van der Waals surface area contributed by atoms with Crippen LogP contribution in [-0.2, 0) is 11.3 Å². The van der Waals surface area contributed by atoms with Gasteiger partial charge in [-0.3, -0.25) is 9.69 Å². The lowest BCUT2D eigenvalue weighted by atomic mass is 10.2. The van der Waals surface area contributed by atoms with Crippen molar-refractivity contribution in [3.63, 3.8) is 0 Å². The summed E-state index contributed by atoms with van der Waals surface area (Å²) in [7, 11) is 1.86. The number of carbonyl (C=O) groups is 1. The van der Waals surface area contributed by atoms with Crippen LogP contribution < -0.4 is 10.1 Å². The summed E-state index contributed by atoms with van der Waals surface area (Å²) in [5.41, 5.74) is 4.52. The first-order chi connectivity index (χ1) is 14.3. The van der Waals surface area contributed by atoms with Crippen molar-refractivity contribution >= 4 is 11.6 Å². The maximum absolute atomic E-state index is 12.3. The molecule has 0 saturated heterocycles. The fourth-order valence-corrected chi connectivity index (χ4v) is 3.22. The molecule has 1 amide bonds. The summed E-state index contributed by atoms with van der Waals surface area (Å²) in [4.78, 5) is 14.2. The number of benzene rings is 2. The molecule has 0 unspecified atom stereocenters. The van der Waals surface area contributed by atoms with Gasteiger partial charge in [0.15, 0.2) is 0 Å². The van der Waals surface area contributed by atoms with Gasteiger partial charge in [0.1, 0.15) is 5.75 Å². The van der Waals surface area contributed by atoms with Crippen LogP contribution in [0.1, 0.15) is 17.0 Å². The van der Waals surface area contributed by atoms with E-state index in [9.17, 15) is 13.6 Å². The number of hydrogen-bond acceptors (Lipinski definition) is 4. The van der Waals surface area contributed by atoms with Gasteiger partial charge in [-0.05, 0) is 57.3 Å². The molecule has 0 aliphatic heterocycles. The first-order valence-electron chi connectivity index (χ1n) is 9.47. The minimum absolute atomic E-state index is 0.0431. The number of amides is 1. The maximum Gasteiger partial charge on any atom is 0.387 e. The summed E-state index contributed by atoms with van der Waals surface area (Å²) in [5.74, 6) is -0.160. The summed E-state index contributed by atoms with van der Waals surface area (Å²) in [6.45, 7) is 1.83. The number of alkyl halides is 2. The van der Waals surface area contributed by atoms with Gasteiger partial charge in [0.05, 0.1) is 17.9 Å². The molecule has 0 fully saturated rings. The largest absolute Gasteiger partial charge is 0.435 e. The van der Waals surface area contributed by atoms with Crippen molar-refractivity contribution in [3.05, 3.63) is 71.5 Å². The second-order valence-electron chi connectivity index (χ2n) is 7.02. The Morgan fingerprint density at radius 2 is 1.80 bits per heavy atom. The van der Waals surface area contributed by atoms with E-state index in [1.54, 1.807) is 0 Å². The molecule has 0 aliphatic carbocycles. The van der Waals surface area contributed by atoms with E-state index in [2.05, 4.69) is 15.2 Å². The Morgan fingerprint density at radius 3 is 2.43 bits per heavy atom. The molecule has 8 heteroatoms. The molecule has 0 spiro atoms. The van der Waals surface area contributed by atoms with E-state index in [1.165, 1.54) is 24.3 Å². The number of anilines is 1. The molecule has 3 aromatic rings. The lowest BCUT2D eigenvalue weighted by Gasteiger charge is -2.17. The number of hydrogen-bond donors (Lipinski definition) is 1. The number of ether oxygens (including phenoxy) is 1. The van der Waals surface area contributed by atoms with Crippen LogP contribution in [0.3, 0.4) is 0 Å². The van der Waals surface area contributed by atoms with Gasteiger partial charge < -0.3 is 10.1 Å². The van der Waals surface area contributed by atoms with Gasteiger partial charge in [0.2, 0.25) is 5.91 Å². The minimum Gasteiger partial charge on any atom is -0.435 e. The number of halogens is 2. The summed E-state index contributed by atoms with van der Waals surface area (Å²) < 4.78 is 30.6. The zero-order valence-electron chi connectivity index (χ0n) is 17.1. The predicted octanol–water partition coefficient (Wildman–Crippen LogP) is 4.16. The Morgan fingerprint density at radius 1 is 1.13 bits per heavy atom. The predicted molar refractivity (Wildman–Crippen MR) is 111 cm³/mol. The fraction of sp³-hybridized carbons (Fsp3) is 0.273. The highest BCUT2D eigenvalue weighted by Crippen LogP contribution is 2.20. The van der Waals surface area contributed by atoms with Crippen LogP contribution in [0, 0.1) is 13.8 Å². The standard InChI is InChI=1S/C22H24F2N4O2/c1-15-20(16(2)28(26-15)18-7-5-4-6-8-18)13-27(3)14-21(29)25-17-9-11-19(12-10-17)30-22(23)24/h4-12,22H,13-14H2,1-3H3,(H,25,29). The zero-order chi connectivity index (χ0) is 21.7. The second-order valence-corrected chi connectivity index (χ2v) is 7.02. The van der Waals surface area contributed by atoms with Gasteiger partial charge in [0.25, 0.3) is 0 Å². The topological polar surface area (TPSA) is 59.4 Å². The van der Waals surface area contributed by atoms with E-state index in [-0.39, 0.29) is 18.2 Å². The van der Waals surface area contributed by atoms with E-state index in [0.717, 1.165) is 22.6 Å². The van der Waals surface area contributed by atoms with E-state index >= 15 is 0 Å². The molecule has 1 N–H and O–H groups in total. The van der Waals surface area contributed by atoms with Crippen LogP contribution in [0.2, 0.25) is 0 Å². The van der Waals surface area contributed by atoms with E-state index in [1.807, 2.05) is 60.8 Å². The number of nitrogens with one attached hydrogen (secondary N) is 1. The normalized spacial score (nSPS) is 11.2. The van der Waals surface area contributed by atoms with Crippen LogP contribution >= 0.6 is 0 Å². The third kappa shape index (κ3) is 5.42. The minimum atomic E-state index is -2.88. The Hall–Kier alpha value is -3.26. The molecule has 2 aromatic carbocycles. The quantitative estimate of drug-likeness (QED) is 0.601. The van der Waals surface area contributed by atoms with E-state index in [0.29, 0.717) is 12.2 Å². The highest BCUT2D eigenvalue weighted by Gasteiger charge is 2.16. The van der Waals surface area contributed by atoms with Crippen molar-refractivity contribution in [2.75, 3.05) is 18.9 Å². The van der Waals surface area contributed by atoms with Crippen molar-refractivity contribution in [3.8, 4) is 11.4 Å². The van der Waals surface area contributed by atoms with Crippen LogP contribution in [0.15, 0.2) is 54.6 Å². The summed E-state index contributed by atoms with van der Waals surface area (Å²) in [5, 5.41) is 7.39. The van der Waals surface area contributed by atoms with Gasteiger partial charge in [-0.15, -0.1) is 0 Å². The average molecular weight is 414 g/mol. The average Bonchev–Trinajstić information content (AvgIpc) is 2.98. The SMILES string of the molecule is Cc1nn(-c2ccccc2)c(C)c1CN(C)CC(=O)Nc1ccc(OC(F)F)cc1. The summed E-state index contributed by atoms with van der Waals surface area (Å²) in [6.07, 6.45) is 0. The van der Waals surface area contributed by atoms with Crippen molar-refractivity contribution < 1.29 is 18.3 Å². The number of para-hydroxylation sites is 1. The molecule has 0 radical (unpaired) electrons. The Bertz CT molecular complexity index is 988. The molecule has 0 bridgehead atoms. The van der Waals surface area contributed by atoms with Crippen molar-refractivity contribution in [2.24, 2.45) is 0 Å². The Labute approximate surface area is 174 Å². The lowest BCUT2D eigenvalue weighted by Crippen LogP contribution is -2.30. The molecule has 0 atom stereocenters. The number of likely N-dealkylation sites (N-methyl/N-ethyl adjacent to an activating group) is 1. The maximum atomic E-state index is 12.3. The molecule has 0 saturated carbocycles. The monoisotopic (exact) mass is 414 g/mol. The highest BCUT2D eigenvalue weighted by molar-refractivity contribution is 5.92. The van der Waals surface area contributed by atoms with E-state index < -0.39 is 6.61 Å². The van der Waals surface area contributed by atoms with Gasteiger partial charge in [0, 0.05) is 23.5 Å². The van der Waals surface area contributed by atoms with Gasteiger partial charge >= 0.3 is 6.61 Å². The fourth-order valence-electron chi connectivity index (χ4n) is 3.22. The van der Waals surface area contributed by atoms with Crippen LogP contribution in [0.5, 0.6) is 5.75 Å². The van der Waals surface area contributed by atoms with Crippen molar-refractivity contribution in [1.82, 2.24) is 14.7 Å². The molecule has 1 aromatic heterocycles. The van der Waals surface area contributed by atoms with Gasteiger partial charge in [-0.1, -0.05) is 18.2 Å². The lowest BCUT2D eigenvalue weighted by molar-refractivity contribution is -0.117. The summed E-state index contributed by atoms with van der Waals surface area (Å²) in [6, 6.07) is 15.7. The molecule has 30 heavy (non-hydrogen) atoms. The van der Waals surface area contributed by atoms with Gasteiger partial charge in [-0.2, -0.15) is 13.9 Å². The molecule has 1 heterocycles. The van der Waals surface area contributed by atoms with Crippen molar-refractivity contribution in [1.29, 1.82) is 0 Å². The zero-order valence-corrected chi connectivity index (χ0v) is 17.1. The van der Waals surface area contributed by atoms with Crippen LogP contribution in [-0.4, -0.2) is 40.8 Å². The molecular formula is C22H24F2N4O2. The first kappa shape index (κ1) is 21.4. The second kappa shape index (κ2) is 9.49. The van der Waals surface area contributed by atoms with Crippen LogP contribution in [0.4, 0.5) is 14.5 Å². The number of nitrogens with zero attached hydrogens (tertiary/aromatic N) is 3. The Balaban J connectivity index is 1.60. The van der Waals surface area contributed by atoms with E-state index in [4.69, 9.17) is 0 Å². The molecular weight excluding hydrogens is 390 g/mol. The molecule has 0 aliphatic rings. The third-order valence-electron chi connectivity index (χ3n) is 4.65. The number of carbonyl (C=O) groups excluding carboxylic acids is 1. The highest BCUT2D eigenvalue weighted by atomic mass is 19.3. The number of aromatic nitrogens is 2. The Kier molecular flexibility index (Phi) is 6.79. The number of aryl methyl sites for hydroxylation is 1. The summed E-state index contributed by atoms with van der Waals surface area (Å²) >= 11 is 0. The molecule has 3 rings (SSSR count). The molecule has 158 valence electrons. The number of rotatable bonds is 8. The first-order valence-corrected chi connectivity index (χ1v) is 9.47. The van der Waals surface area contributed by atoms with Crippen LogP contribution in [0.25, 0.3) is 5.69 Å². The smallest absolute Gasteiger partial charge is 0.387 e. The third-order valence-corrected chi connectivity index (χ3v) is 4.65. The molecule has 6 nitrogen and oxygen atoms in total. The van der Waals surface area contributed by atoms with Crippen molar-refractivity contribution in [2.45, 2.75) is 27.0 Å².